The van der Waals surface area contributed by atoms with Crippen molar-refractivity contribution in [1.82, 2.24) is 4.90 Å². The number of rotatable bonds is 7. The van der Waals surface area contributed by atoms with Gasteiger partial charge in [0, 0.05) is 25.7 Å². The molecule has 0 spiro atoms. The monoisotopic (exact) mass is 242 g/mol. The molecule has 1 rings (SSSR count). The second-order valence-corrected chi connectivity index (χ2v) is 5.36. The molecule has 0 radical (unpaired) electrons. The van der Waals surface area contributed by atoms with Crippen molar-refractivity contribution in [3.05, 3.63) is 0 Å². The smallest absolute Gasteiger partial charge is 0.0503 e. The highest BCUT2D eigenvalue weighted by Gasteiger charge is 2.28. The molecule has 1 aliphatic rings. The van der Waals surface area contributed by atoms with Crippen molar-refractivity contribution in [3.63, 3.8) is 0 Å². The lowest BCUT2D eigenvalue weighted by Crippen LogP contribution is -2.51. The lowest BCUT2D eigenvalue weighted by Gasteiger charge is -2.41. The van der Waals surface area contributed by atoms with Crippen LogP contribution in [0.4, 0.5) is 0 Å². The van der Waals surface area contributed by atoms with Crippen LogP contribution >= 0.6 is 0 Å². The summed E-state index contributed by atoms with van der Waals surface area (Å²) in [6, 6.07) is 1.23. The van der Waals surface area contributed by atoms with Gasteiger partial charge in [-0.05, 0) is 25.3 Å². The maximum absolute atomic E-state index is 5.99. The minimum Gasteiger partial charge on any atom is -0.384 e. The third-order valence-electron chi connectivity index (χ3n) is 4.16. The number of nitrogens with two attached hydrogens (primary N) is 1. The molecule has 0 amide bonds. The van der Waals surface area contributed by atoms with Crippen LogP contribution in [0, 0.1) is 5.92 Å². The maximum atomic E-state index is 5.99. The van der Waals surface area contributed by atoms with Crippen molar-refractivity contribution < 1.29 is 4.74 Å². The van der Waals surface area contributed by atoms with Gasteiger partial charge < -0.3 is 10.5 Å². The van der Waals surface area contributed by atoms with Crippen molar-refractivity contribution in [3.8, 4) is 0 Å². The molecule has 0 bridgehead atoms. The highest BCUT2D eigenvalue weighted by molar-refractivity contribution is 4.84. The van der Waals surface area contributed by atoms with Crippen LogP contribution in [0.15, 0.2) is 0 Å². The van der Waals surface area contributed by atoms with Crippen LogP contribution in [0.5, 0.6) is 0 Å². The average molecular weight is 242 g/mol. The highest BCUT2D eigenvalue weighted by atomic mass is 16.5. The van der Waals surface area contributed by atoms with Gasteiger partial charge in [0.1, 0.15) is 0 Å². The zero-order valence-corrected chi connectivity index (χ0v) is 11.8. The van der Waals surface area contributed by atoms with E-state index in [1.165, 1.54) is 32.1 Å². The first kappa shape index (κ1) is 14.9. The van der Waals surface area contributed by atoms with Gasteiger partial charge in [-0.2, -0.15) is 0 Å². The molecular weight excluding hydrogens is 212 g/mol. The van der Waals surface area contributed by atoms with Crippen LogP contribution in [-0.2, 0) is 4.74 Å². The predicted molar refractivity (Wildman–Crippen MR) is 73.1 cm³/mol. The molecule has 2 N–H and O–H groups in total. The fourth-order valence-electron chi connectivity index (χ4n) is 3.24. The second kappa shape index (κ2) is 8.06. The number of hydrogen-bond acceptors (Lipinski definition) is 3. The number of hydrogen-bond donors (Lipinski definition) is 1. The van der Waals surface area contributed by atoms with Gasteiger partial charge in [-0.1, -0.05) is 33.1 Å². The van der Waals surface area contributed by atoms with Gasteiger partial charge in [-0.15, -0.1) is 0 Å². The Balaban J connectivity index is 2.60. The van der Waals surface area contributed by atoms with E-state index in [4.69, 9.17) is 10.5 Å². The van der Waals surface area contributed by atoms with Gasteiger partial charge in [-0.25, -0.2) is 0 Å². The fourth-order valence-corrected chi connectivity index (χ4v) is 3.24. The molecule has 102 valence electrons. The molecule has 0 aromatic heterocycles. The third kappa shape index (κ3) is 4.23. The number of methoxy groups -OCH3 is 1. The zero-order chi connectivity index (χ0) is 12.7. The van der Waals surface area contributed by atoms with E-state index in [1.54, 1.807) is 7.11 Å². The van der Waals surface area contributed by atoms with E-state index in [0.717, 1.165) is 25.7 Å². The largest absolute Gasteiger partial charge is 0.384 e. The predicted octanol–water partition coefficient (Wildman–Crippen LogP) is 2.25. The standard InChI is InChI=1S/C14H30N2O/c1-4-16(13-8-6-5-7-9-13)14(10-15)12(2)11-17-3/h12-14H,4-11,15H2,1-3H3. The van der Waals surface area contributed by atoms with E-state index in [0.29, 0.717) is 12.0 Å². The third-order valence-corrected chi connectivity index (χ3v) is 4.16. The summed E-state index contributed by atoms with van der Waals surface area (Å²) >= 11 is 0. The Morgan fingerprint density at radius 1 is 1.29 bits per heavy atom. The number of nitrogens with zero attached hydrogens (tertiary/aromatic N) is 1. The number of ether oxygens (including phenoxy) is 1. The van der Waals surface area contributed by atoms with Crippen LogP contribution in [0.1, 0.15) is 46.0 Å². The molecule has 0 saturated heterocycles. The summed E-state index contributed by atoms with van der Waals surface area (Å²) in [5.41, 5.74) is 5.99. The molecule has 0 aromatic rings. The fraction of sp³-hybridized carbons (Fsp3) is 1.00. The summed E-state index contributed by atoms with van der Waals surface area (Å²) in [6.07, 6.45) is 6.89. The van der Waals surface area contributed by atoms with E-state index < -0.39 is 0 Å². The van der Waals surface area contributed by atoms with Gasteiger partial charge in [-0.3, -0.25) is 4.90 Å². The van der Waals surface area contributed by atoms with Crippen LogP contribution in [-0.4, -0.2) is 43.8 Å². The number of likely N-dealkylation sites (N-methyl/N-ethyl adjacent to an activating group) is 1. The quantitative estimate of drug-likeness (QED) is 0.744. The van der Waals surface area contributed by atoms with E-state index in [9.17, 15) is 0 Å². The molecule has 0 heterocycles. The van der Waals surface area contributed by atoms with Gasteiger partial charge in [0.05, 0.1) is 6.61 Å². The maximum Gasteiger partial charge on any atom is 0.0503 e. The van der Waals surface area contributed by atoms with Gasteiger partial charge in [0.2, 0.25) is 0 Å². The van der Waals surface area contributed by atoms with Gasteiger partial charge >= 0.3 is 0 Å². The summed E-state index contributed by atoms with van der Waals surface area (Å²) < 4.78 is 5.29. The van der Waals surface area contributed by atoms with Crippen molar-refractivity contribution >= 4 is 0 Å². The van der Waals surface area contributed by atoms with Crippen LogP contribution in [0.25, 0.3) is 0 Å². The van der Waals surface area contributed by atoms with Crippen LogP contribution in [0.2, 0.25) is 0 Å². The summed E-state index contributed by atoms with van der Waals surface area (Å²) in [7, 11) is 1.78. The lowest BCUT2D eigenvalue weighted by atomic mass is 9.91. The van der Waals surface area contributed by atoms with Crippen molar-refractivity contribution in [1.29, 1.82) is 0 Å². The second-order valence-electron chi connectivity index (χ2n) is 5.36. The Morgan fingerprint density at radius 3 is 2.41 bits per heavy atom. The summed E-state index contributed by atoms with van der Waals surface area (Å²) in [6.45, 7) is 7.18. The molecule has 3 nitrogen and oxygen atoms in total. The molecule has 1 saturated carbocycles. The van der Waals surface area contributed by atoms with Gasteiger partial charge in [0.15, 0.2) is 0 Å². The molecule has 0 aliphatic heterocycles. The molecule has 1 fully saturated rings. The Kier molecular flexibility index (Phi) is 7.09. The molecule has 1 aliphatic carbocycles. The molecular formula is C14H30N2O. The minimum atomic E-state index is 0.475. The Labute approximate surface area is 107 Å². The normalized spacial score (nSPS) is 21.7. The molecule has 0 aromatic carbocycles. The van der Waals surface area contributed by atoms with E-state index >= 15 is 0 Å². The lowest BCUT2D eigenvalue weighted by molar-refractivity contribution is 0.0492. The first-order valence-corrected chi connectivity index (χ1v) is 7.19. The van der Waals surface area contributed by atoms with Crippen molar-refractivity contribution in [2.75, 3.05) is 26.8 Å². The highest BCUT2D eigenvalue weighted by Crippen LogP contribution is 2.25. The summed E-state index contributed by atoms with van der Waals surface area (Å²) in [4.78, 5) is 2.63. The van der Waals surface area contributed by atoms with E-state index in [-0.39, 0.29) is 0 Å². The van der Waals surface area contributed by atoms with Crippen LogP contribution < -0.4 is 5.73 Å². The van der Waals surface area contributed by atoms with Gasteiger partial charge in [0.25, 0.3) is 0 Å². The van der Waals surface area contributed by atoms with E-state index in [2.05, 4.69) is 18.7 Å². The minimum absolute atomic E-state index is 0.475. The first-order chi connectivity index (χ1) is 8.24. The summed E-state index contributed by atoms with van der Waals surface area (Å²) in [5, 5.41) is 0. The molecule has 2 atom stereocenters. The Hall–Kier alpha value is -0.120. The Morgan fingerprint density at radius 2 is 1.94 bits per heavy atom. The topological polar surface area (TPSA) is 38.5 Å². The molecule has 2 unspecified atom stereocenters. The average Bonchev–Trinajstić information content (AvgIpc) is 2.37. The van der Waals surface area contributed by atoms with E-state index in [1.807, 2.05) is 0 Å². The van der Waals surface area contributed by atoms with Crippen molar-refractivity contribution in [2.45, 2.75) is 58.0 Å². The first-order valence-electron chi connectivity index (χ1n) is 7.19. The zero-order valence-electron chi connectivity index (χ0n) is 11.8. The molecule has 3 heteroatoms. The summed E-state index contributed by atoms with van der Waals surface area (Å²) in [5.74, 6) is 0.520. The molecule has 17 heavy (non-hydrogen) atoms. The van der Waals surface area contributed by atoms with Crippen molar-refractivity contribution in [2.24, 2.45) is 11.7 Å². The Bertz CT molecular complexity index is 193. The van der Waals surface area contributed by atoms with Crippen LogP contribution in [0.3, 0.4) is 0 Å². The SMILES string of the molecule is CCN(C1CCCCC1)C(CN)C(C)COC.